The van der Waals surface area contributed by atoms with Crippen LogP contribution in [0.25, 0.3) is 0 Å². The van der Waals surface area contributed by atoms with Crippen LogP contribution in [-0.4, -0.2) is 11.0 Å². The summed E-state index contributed by atoms with van der Waals surface area (Å²) in [6.07, 6.45) is -0.646. The first-order chi connectivity index (χ1) is 9.47. The van der Waals surface area contributed by atoms with Gasteiger partial charge in [-0.1, -0.05) is 29.8 Å². The van der Waals surface area contributed by atoms with Gasteiger partial charge < -0.3 is 10.4 Å². The molecule has 1 atom stereocenters. The lowest BCUT2D eigenvalue weighted by Gasteiger charge is -2.13. The molecule has 0 aliphatic carbocycles. The molecule has 0 spiro atoms. The Bertz CT molecular complexity index is 618. The highest BCUT2D eigenvalue weighted by molar-refractivity contribution is 6.31. The molecule has 0 bridgehead atoms. The van der Waals surface area contributed by atoms with Gasteiger partial charge in [-0.15, -0.1) is 0 Å². The van der Waals surface area contributed by atoms with E-state index in [4.69, 9.17) is 11.6 Å². The SMILES string of the molecule is Cc1cc(Cl)cc(C(=O)Nc2ccccc2C(C)O)c1. The third kappa shape index (κ3) is 3.38. The summed E-state index contributed by atoms with van der Waals surface area (Å²) >= 11 is 5.96. The zero-order valence-electron chi connectivity index (χ0n) is 11.4. The molecule has 0 fully saturated rings. The molecule has 2 N–H and O–H groups in total. The normalized spacial score (nSPS) is 12.0. The smallest absolute Gasteiger partial charge is 0.255 e. The monoisotopic (exact) mass is 289 g/mol. The molecule has 20 heavy (non-hydrogen) atoms. The minimum Gasteiger partial charge on any atom is -0.389 e. The van der Waals surface area contributed by atoms with Gasteiger partial charge in [0.1, 0.15) is 0 Å². The minimum absolute atomic E-state index is 0.247. The number of nitrogens with one attached hydrogen (secondary N) is 1. The maximum atomic E-state index is 12.2. The van der Waals surface area contributed by atoms with E-state index in [2.05, 4.69) is 5.32 Å². The van der Waals surface area contributed by atoms with E-state index in [-0.39, 0.29) is 5.91 Å². The van der Waals surface area contributed by atoms with E-state index >= 15 is 0 Å². The fourth-order valence-corrected chi connectivity index (χ4v) is 2.33. The molecule has 4 heteroatoms. The van der Waals surface area contributed by atoms with E-state index in [9.17, 15) is 9.90 Å². The number of aliphatic hydroxyl groups excluding tert-OH is 1. The van der Waals surface area contributed by atoms with Crippen LogP contribution in [0.1, 0.15) is 34.5 Å². The molecule has 0 heterocycles. The molecule has 0 saturated heterocycles. The molecule has 0 saturated carbocycles. The van der Waals surface area contributed by atoms with Crippen LogP contribution in [0, 0.1) is 6.92 Å². The highest BCUT2D eigenvalue weighted by atomic mass is 35.5. The first kappa shape index (κ1) is 14.6. The highest BCUT2D eigenvalue weighted by Crippen LogP contribution is 2.23. The second-order valence-corrected chi connectivity index (χ2v) is 5.17. The molecule has 104 valence electrons. The van der Waals surface area contributed by atoms with Crippen molar-refractivity contribution in [3.63, 3.8) is 0 Å². The number of halogens is 1. The first-order valence-corrected chi connectivity index (χ1v) is 6.70. The second kappa shape index (κ2) is 6.07. The number of amides is 1. The lowest BCUT2D eigenvalue weighted by Crippen LogP contribution is -2.14. The van der Waals surface area contributed by atoms with Crippen LogP contribution in [0.5, 0.6) is 0 Å². The van der Waals surface area contributed by atoms with Gasteiger partial charge in [-0.2, -0.15) is 0 Å². The van der Waals surface area contributed by atoms with Gasteiger partial charge >= 0.3 is 0 Å². The summed E-state index contributed by atoms with van der Waals surface area (Å²) in [7, 11) is 0. The van der Waals surface area contributed by atoms with Gasteiger partial charge in [0.25, 0.3) is 5.91 Å². The fourth-order valence-electron chi connectivity index (χ4n) is 2.04. The maximum Gasteiger partial charge on any atom is 0.255 e. The van der Waals surface area contributed by atoms with Crippen molar-refractivity contribution in [2.24, 2.45) is 0 Å². The fraction of sp³-hybridized carbons (Fsp3) is 0.188. The number of anilines is 1. The third-order valence-electron chi connectivity index (χ3n) is 2.96. The summed E-state index contributed by atoms with van der Waals surface area (Å²) < 4.78 is 0. The lowest BCUT2D eigenvalue weighted by molar-refractivity contribution is 0.102. The Balaban J connectivity index is 2.28. The first-order valence-electron chi connectivity index (χ1n) is 6.33. The third-order valence-corrected chi connectivity index (χ3v) is 3.18. The van der Waals surface area contributed by atoms with Crippen molar-refractivity contribution in [3.05, 3.63) is 64.2 Å². The Morgan fingerprint density at radius 2 is 1.95 bits per heavy atom. The molecule has 1 amide bonds. The second-order valence-electron chi connectivity index (χ2n) is 4.73. The number of aliphatic hydroxyl groups is 1. The largest absolute Gasteiger partial charge is 0.389 e. The van der Waals surface area contributed by atoms with Crippen molar-refractivity contribution in [2.75, 3.05) is 5.32 Å². The molecule has 0 aliphatic heterocycles. The number of hydrogen-bond acceptors (Lipinski definition) is 2. The molecule has 0 radical (unpaired) electrons. The van der Waals surface area contributed by atoms with Crippen molar-refractivity contribution in [1.82, 2.24) is 0 Å². The van der Waals surface area contributed by atoms with Crippen LogP contribution in [0.15, 0.2) is 42.5 Å². The molecule has 3 nitrogen and oxygen atoms in total. The number of rotatable bonds is 3. The van der Waals surface area contributed by atoms with E-state index in [1.165, 1.54) is 0 Å². The molecule has 1 unspecified atom stereocenters. The quantitative estimate of drug-likeness (QED) is 0.899. The Morgan fingerprint density at radius 1 is 1.25 bits per heavy atom. The van der Waals surface area contributed by atoms with Crippen molar-refractivity contribution in [3.8, 4) is 0 Å². The minimum atomic E-state index is -0.646. The molecule has 0 aliphatic rings. The summed E-state index contributed by atoms with van der Waals surface area (Å²) in [4.78, 5) is 12.2. The van der Waals surface area contributed by atoms with Crippen molar-refractivity contribution in [1.29, 1.82) is 0 Å². The summed E-state index contributed by atoms with van der Waals surface area (Å²) in [5.74, 6) is -0.247. The average Bonchev–Trinajstić information content (AvgIpc) is 2.37. The molecule has 2 aromatic rings. The zero-order valence-corrected chi connectivity index (χ0v) is 12.1. The van der Waals surface area contributed by atoms with Crippen molar-refractivity contribution < 1.29 is 9.90 Å². The summed E-state index contributed by atoms with van der Waals surface area (Å²) in [5, 5.41) is 13.0. The Labute approximate surface area is 123 Å². The van der Waals surface area contributed by atoms with Crippen molar-refractivity contribution in [2.45, 2.75) is 20.0 Å². The average molecular weight is 290 g/mol. The molecular formula is C16H16ClNO2. The number of aryl methyl sites for hydroxylation is 1. The van der Waals surface area contributed by atoms with Crippen LogP contribution >= 0.6 is 11.6 Å². The lowest BCUT2D eigenvalue weighted by atomic mass is 10.1. The van der Waals surface area contributed by atoms with E-state index in [1.54, 1.807) is 37.3 Å². The van der Waals surface area contributed by atoms with E-state index in [0.717, 1.165) is 5.56 Å². The molecule has 2 aromatic carbocycles. The van der Waals surface area contributed by atoms with Gasteiger partial charge in [0.2, 0.25) is 0 Å². The van der Waals surface area contributed by atoms with Gasteiger partial charge in [0.05, 0.1) is 6.10 Å². The summed E-state index contributed by atoms with van der Waals surface area (Å²) in [6.45, 7) is 3.54. The number of hydrogen-bond donors (Lipinski definition) is 2. The summed E-state index contributed by atoms with van der Waals surface area (Å²) in [5.41, 5.74) is 2.70. The Hall–Kier alpha value is -1.84. The standard InChI is InChI=1S/C16H16ClNO2/c1-10-7-12(9-13(17)8-10)16(20)18-15-6-4-3-5-14(15)11(2)19/h3-9,11,19H,1-2H3,(H,18,20). The van der Waals surface area contributed by atoms with Crippen LogP contribution in [0.4, 0.5) is 5.69 Å². The highest BCUT2D eigenvalue weighted by Gasteiger charge is 2.12. The van der Waals surface area contributed by atoms with Gasteiger partial charge in [0.15, 0.2) is 0 Å². The number of para-hydroxylation sites is 1. The Morgan fingerprint density at radius 3 is 2.60 bits per heavy atom. The van der Waals surface area contributed by atoms with Gasteiger partial charge in [0, 0.05) is 21.8 Å². The van der Waals surface area contributed by atoms with Crippen LogP contribution in [0.3, 0.4) is 0 Å². The van der Waals surface area contributed by atoms with E-state index in [1.807, 2.05) is 19.1 Å². The van der Waals surface area contributed by atoms with Crippen LogP contribution in [-0.2, 0) is 0 Å². The van der Waals surface area contributed by atoms with Crippen LogP contribution in [0.2, 0.25) is 5.02 Å². The Kier molecular flexibility index (Phi) is 4.42. The van der Waals surface area contributed by atoms with Gasteiger partial charge in [-0.25, -0.2) is 0 Å². The molecular weight excluding hydrogens is 274 g/mol. The molecule has 0 aromatic heterocycles. The van der Waals surface area contributed by atoms with Gasteiger partial charge in [-0.05, 0) is 43.7 Å². The summed E-state index contributed by atoms with van der Waals surface area (Å²) in [6, 6.07) is 12.4. The van der Waals surface area contributed by atoms with Gasteiger partial charge in [-0.3, -0.25) is 4.79 Å². The van der Waals surface area contributed by atoms with E-state index < -0.39 is 6.10 Å². The number of benzene rings is 2. The predicted molar refractivity (Wildman–Crippen MR) is 81.2 cm³/mol. The maximum absolute atomic E-state index is 12.2. The predicted octanol–water partition coefficient (Wildman–Crippen LogP) is 3.95. The van der Waals surface area contributed by atoms with Crippen LogP contribution < -0.4 is 5.32 Å². The zero-order chi connectivity index (χ0) is 14.7. The molecule has 2 rings (SSSR count). The number of carbonyl (C=O) groups is 1. The number of carbonyl (C=O) groups excluding carboxylic acids is 1. The van der Waals surface area contributed by atoms with E-state index in [0.29, 0.717) is 21.8 Å². The topological polar surface area (TPSA) is 49.3 Å². The van der Waals surface area contributed by atoms with Crippen molar-refractivity contribution >= 4 is 23.2 Å².